The summed E-state index contributed by atoms with van der Waals surface area (Å²) in [4.78, 5) is 25.5. The van der Waals surface area contributed by atoms with Gasteiger partial charge in [-0.25, -0.2) is 8.78 Å². The molecule has 6 nitrogen and oxygen atoms in total. The number of carbonyl (C=O) groups is 2. The predicted molar refractivity (Wildman–Crippen MR) is 77.9 cm³/mol. The van der Waals surface area contributed by atoms with Crippen molar-refractivity contribution in [3.05, 3.63) is 29.8 Å². The first-order valence-corrected chi connectivity index (χ1v) is 7.46. The van der Waals surface area contributed by atoms with Crippen molar-refractivity contribution in [2.24, 2.45) is 0 Å². The highest BCUT2D eigenvalue weighted by Gasteiger charge is 2.37. The number of nitrogens with one attached hydrogen (secondary N) is 2. The summed E-state index contributed by atoms with van der Waals surface area (Å²) in [6.07, 6.45) is -0.366. The van der Waals surface area contributed by atoms with Gasteiger partial charge < -0.3 is 20.3 Å². The maximum Gasteiger partial charge on any atom is 0.251 e. The molecule has 2 saturated heterocycles. The van der Waals surface area contributed by atoms with Gasteiger partial charge in [-0.05, 0) is 18.6 Å². The van der Waals surface area contributed by atoms with Crippen LogP contribution in [-0.2, 0) is 14.3 Å². The zero-order valence-electron chi connectivity index (χ0n) is 12.4. The van der Waals surface area contributed by atoms with Crippen LogP contribution in [0.15, 0.2) is 18.2 Å². The van der Waals surface area contributed by atoms with E-state index in [9.17, 15) is 18.4 Å². The number of benzene rings is 1. The van der Waals surface area contributed by atoms with Crippen LogP contribution in [0.3, 0.4) is 0 Å². The van der Waals surface area contributed by atoms with Crippen LogP contribution in [0.25, 0.3) is 0 Å². The lowest BCUT2D eigenvalue weighted by molar-refractivity contribution is -0.136. The fourth-order valence-electron chi connectivity index (χ4n) is 2.78. The monoisotopic (exact) mass is 325 g/mol. The molecule has 0 unspecified atom stereocenters. The molecule has 0 aromatic heterocycles. The highest BCUT2D eigenvalue weighted by Crippen LogP contribution is 2.27. The van der Waals surface area contributed by atoms with E-state index in [1.54, 1.807) is 0 Å². The second-order valence-electron chi connectivity index (χ2n) is 5.47. The lowest BCUT2D eigenvalue weighted by atomic mass is 10.2. The van der Waals surface area contributed by atoms with Gasteiger partial charge in [-0.2, -0.15) is 0 Å². The first-order valence-electron chi connectivity index (χ1n) is 7.46. The average Bonchev–Trinajstić information content (AvgIpc) is 2.89. The zero-order valence-corrected chi connectivity index (χ0v) is 12.4. The number of nitrogens with zero attached hydrogens (tertiary/aromatic N) is 1. The van der Waals surface area contributed by atoms with Crippen molar-refractivity contribution >= 4 is 17.5 Å². The normalized spacial score (nSPS) is 24.8. The second kappa shape index (κ2) is 6.59. The summed E-state index contributed by atoms with van der Waals surface area (Å²) in [6.45, 7) is 1.61. The number of rotatable bonds is 3. The van der Waals surface area contributed by atoms with Crippen LogP contribution in [0.1, 0.15) is 6.42 Å². The van der Waals surface area contributed by atoms with Crippen molar-refractivity contribution in [1.82, 2.24) is 10.6 Å². The molecule has 0 saturated carbocycles. The van der Waals surface area contributed by atoms with Crippen molar-refractivity contribution in [1.29, 1.82) is 0 Å². The average molecular weight is 325 g/mol. The van der Waals surface area contributed by atoms with Gasteiger partial charge in [0.2, 0.25) is 5.91 Å². The Morgan fingerprint density at radius 1 is 1.35 bits per heavy atom. The Hall–Kier alpha value is -2.06. The molecule has 2 fully saturated rings. The fourth-order valence-corrected chi connectivity index (χ4v) is 2.78. The molecule has 2 aliphatic heterocycles. The maximum atomic E-state index is 13.8. The van der Waals surface area contributed by atoms with E-state index in [-0.39, 0.29) is 12.2 Å². The van der Waals surface area contributed by atoms with Crippen LogP contribution >= 0.6 is 0 Å². The minimum Gasteiger partial charge on any atom is -0.366 e. The van der Waals surface area contributed by atoms with Gasteiger partial charge in [-0.1, -0.05) is 6.07 Å². The highest BCUT2D eigenvalue weighted by atomic mass is 19.1. The Morgan fingerprint density at radius 2 is 2.09 bits per heavy atom. The first-order chi connectivity index (χ1) is 11.1. The van der Waals surface area contributed by atoms with Gasteiger partial charge in [-0.3, -0.25) is 9.59 Å². The Morgan fingerprint density at radius 3 is 2.74 bits per heavy atom. The van der Waals surface area contributed by atoms with Crippen molar-refractivity contribution < 1.29 is 23.1 Å². The molecule has 2 heterocycles. The number of carbonyl (C=O) groups excluding carboxylic acids is 2. The maximum absolute atomic E-state index is 13.8. The lowest BCUT2D eigenvalue weighted by Gasteiger charge is -2.24. The third-order valence-corrected chi connectivity index (χ3v) is 3.95. The van der Waals surface area contributed by atoms with Crippen molar-refractivity contribution in [2.45, 2.75) is 18.6 Å². The lowest BCUT2D eigenvalue weighted by Crippen LogP contribution is -2.52. The molecule has 8 heteroatoms. The number of anilines is 1. The molecule has 1 aromatic rings. The summed E-state index contributed by atoms with van der Waals surface area (Å²) < 4.78 is 32.9. The molecule has 0 bridgehead atoms. The molecular formula is C15H17F2N3O3. The summed E-state index contributed by atoms with van der Waals surface area (Å²) in [7, 11) is 0. The first kappa shape index (κ1) is 15.8. The summed E-state index contributed by atoms with van der Waals surface area (Å²) in [5.41, 5.74) is -0.371. The molecule has 0 radical (unpaired) electrons. The van der Waals surface area contributed by atoms with E-state index in [4.69, 9.17) is 4.74 Å². The Bertz CT molecular complexity index is 600. The van der Waals surface area contributed by atoms with Crippen molar-refractivity contribution in [3.8, 4) is 0 Å². The van der Waals surface area contributed by atoms with E-state index in [0.29, 0.717) is 26.1 Å². The molecule has 23 heavy (non-hydrogen) atoms. The van der Waals surface area contributed by atoms with Gasteiger partial charge in [-0.15, -0.1) is 0 Å². The van der Waals surface area contributed by atoms with Crippen molar-refractivity contribution in [2.75, 3.05) is 31.1 Å². The molecule has 124 valence electrons. The number of morpholine rings is 1. The number of hydrogen-bond donors (Lipinski definition) is 2. The van der Waals surface area contributed by atoms with Gasteiger partial charge in [0.15, 0.2) is 0 Å². The largest absolute Gasteiger partial charge is 0.366 e. The van der Waals surface area contributed by atoms with E-state index in [1.807, 2.05) is 0 Å². The van der Waals surface area contributed by atoms with Crippen LogP contribution in [0, 0.1) is 11.6 Å². The van der Waals surface area contributed by atoms with E-state index in [2.05, 4.69) is 10.6 Å². The van der Waals surface area contributed by atoms with E-state index in [0.717, 1.165) is 17.0 Å². The Labute approximate surface area is 131 Å². The number of halogens is 2. The summed E-state index contributed by atoms with van der Waals surface area (Å²) >= 11 is 0. The minimum absolute atomic E-state index is 0.144. The number of hydrogen-bond acceptors (Lipinski definition) is 4. The molecule has 2 atom stereocenters. The third kappa shape index (κ3) is 3.18. The van der Waals surface area contributed by atoms with Crippen LogP contribution in [-0.4, -0.2) is 50.2 Å². The molecule has 0 aliphatic carbocycles. The summed E-state index contributed by atoms with van der Waals surface area (Å²) in [6, 6.07) is 2.63. The highest BCUT2D eigenvalue weighted by molar-refractivity contribution is 6.01. The summed E-state index contributed by atoms with van der Waals surface area (Å²) in [5, 5.41) is 5.62. The number of ether oxygens (including phenoxy) is 1. The standard InChI is InChI=1S/C15H17F2N3O3/c16-9-2-1-3-10(17)13(9)20-6-4-11(15(20)22)19-14(21)12-8-18-5-7-23-12/h1-3,11-12,18H,4-8H2,(H,19,21)/t11-,12-/m0/s1. The van der Waals surface area contributed by atoms with E-state index in [1.165, 1.54) is 6.07 Å². The number of para-hydroxylation sites is 1. The van der Waals surface area contributed by atoms with Crippen molar-refractivity contribution in [3.63, 3.8) is 0 Å². The predicted octanol–water partition coefficient (Wildman–Crippen LogP) is 0.175. The van der Waals surface area contributed by atoms with Gasteiger partial charge >= 0.3 is 0 Å². The quantitative estimate of drug-likeness (QED) is 0.831. The topological polar surface area (TPSA) is 70.7 Å². The molecule has 2 N–H and O–H groups in total. The second-order valence-corrected chi connectivity index (χ2v) is 5.47. The smallest absolute Gasteiger partial charge is 0.251 e. The van der Waals surface area contributed by atoms with E-state index >= 15 is 0 Å². The van der Waals surface area contributed by atoms with Gasteiger partial charge in [0.05, 0.1) is 6.61 Å². The molecule has 0 spiro atoms. The zero-order chi connectivity index (χ0) is 16.4. The molecule has 2 amide bonds. The number of amides is 2. The third-order valence-electron chi connectivity index (χ3n) is 3.95. The fraction of sp³-hybridized carbons (Fsp3) is 0.467. The minimum atomic E-state index is -0.801. The molecular weight excluding hydrogens is 308 g/mol. The summed E-state index contributed by atoms with van der Waals surface area (Å²) in [5.74, 6) is -2.52. The Kier molecular flexibility index (Phi) is 4.53. The van der Waals surface area contributed by atoms with Crippen LogP contribution < -0.4 is 15.5 Å². The van der Waals surface area contributed by atoms with Gasteiger partial charge in [0, 0.05) is 19.6 Å². The molecule has 3 rings (SSSR count). The van der Waals surface area contributed by atoms with Gasteiger partial charge in [0.25, 0.3) is 5.91 Å². The van der Waals surface area contributed by atoms with Gasteiger partial charge in [0.1, 0.15) is 29.5 Å². The molecule has 2 aliphatic rings. The van der Waals surface area contributed by atoms with Crippen LogP contribution in [0.2, 0.25) is 0 Å². The Balaban J connectivity index is 1.68. The SMILES string of the molecule is O=C(N[C@H]1CCN(c2c(F)cccc2F)C1=O)[C@@H]1CNCCO1. The van der Waals surface area contributed by atoms with Crippen LogP contribution in [0.5, 0.6) is 0 Å². The van der Waals surface area contributed by atoms with E-state index < -0.39 is 35.6 Å². The van der Waals surface area contributed by atoms with Crippen LogP contribution in [0.4, 0.5) is 14.5 Å². The molecule has 1 aromatic carbocycles.